The van der Waals surface area contributed by atoms with Gasteiger partial charge in [0.1, 0.15) is 24.2 Å². The van der Waals surface area contributed by atoms with Crippen LogP contribution in [0.15, 0.2) is 108 Å². The first-order chi connectivity index (χ1) is 22.1. The molecule has 8 nitrogen and oxygen atoms in total. The van der Waals surface area contributed by atoms with Crippen LogP contribution in [-0.4, -0.2) is 51.4 Å². The molecule has 0 saturated heterocycles. The van der Waals surface area contributed by atoms with E-state index in [1.165, 1.54) is 48.4 Å². The van der Waals surface area contributed by atoms with Crippen LogP contribution in [0.25, 0.3) is 0 Å². The molecule has 0 heterocycles. The second kappa shape index (κ2) is 16.2. The molecule has 11 heteroatoms. The fourth-order valence-electron chi connectivity index (χ4n) is 4.88. The molecular weight excluding hydrogens is 629 g/mol. The van der Waals surface area contributed by atoms with E-state index in [9.17, 15) is 22.4 Å². The molecule has 0 fully saturated rings. The van der Waals surface area contributed by atoms with Crippen LogP contribution < -0.4 is 14.4 Å². The highest BCUT2D eigenvalue weighted by atomic mass is 35.5. The third-order valence-corrected chi connectivity index (χ3v) is 9.60. The number of benzene rings is 4. The molecule has 0 radical (unpaired) electrons. The van der Waals surface area contributed by atoms with E-state index in [2.05, 4.69) is 5.32 Å². The SMILES string of the molecule is CCCCNC(=O)C(Cc1ccccc1)N(Cc1ccccc1Cl)C(=O)CN(c1ccc(F)cc1)S(=O)(=O)c1ccc(OC)cc1. The van der Waals surface area contributed by atoms with Crippen molar-refractivity contribution in [1.29, 1.82) is 0 Å². The van der Waals surface area contributed by atoms with Gasteiger partial charge in [-0.25, -0.2) is 12.8 Å². The van der Waals surface area contributed by atoms with Gasteiger partial charge in [0.05, 0.1) is 17.7 Å². The molecule has 0 spiro atoms. The summed E-state index contributed by atoms with van der Waals surface area (Å²) in [5.41, 5.74) is 1.48. The molecule has 1 atom stereocenters. The number of anilines is 1. The second-order valence-corrected chi connectivity index (χ2v) is 12.9. The minimum absolute atomic E-state index is 0.0585. The van der Waals surface area contributed by atoms with Gasteiger partial charge in [-0.15, -0.1) is 0 Å². The highest BCUT2D eigenvalue weighted by Gasteiger charge is 2.35. The standard InChI is InChI=1S/C35H37ClFN3O5S/c1-3-4-22-38-35(42)33(23-26-10-6-5-7-11-26)39(24-27-12-8-9-13-32(27)36)34(41)25-40(29-16-14-28(37)15-17-29)46(43,44)31-20-18-30(45-2)19-21-31/h5-21,33H,3-4,22-25H2,1-2H3,(H,38,42). The van der Waals surface area contributed by atoms with Crippen molar-refractivity contribution in [1.82, 2.24) is 10.2 Å². The van der Waals surface area contributed by atoms with Crippen LogP contribution >= 0.6 is 11.6 Å². The van der Waals surface area contributed by atoms with E-state index >= 15 is 0 Å². The Morgan fingerprint density at radius 3 is 2.20 bits per heavy atom. The fraction of sp³-hybridized carbons (Fsp3) is 0.257. The summed E-state index contributed by atoms with van der Waals surface area (Å²) >= 11 is 6.52. The normalized spacial score (nSPS) is 11.8. The molecule has 2 amide bonds. The molecule has 46 heavy (non-hydrogen) atoms. The number of amides is 2. The lowest BCUT2D eigenvalue weighted by Crippen LogP contribution is -2.53. The third kappa shape index (κ3) is 8.86. The molecule has 1 unspecified atom stereocenters. The Morgan fingerprint density at radius 2 is 1.57 bits per heavy atom. The number of carbonyl (C=O) groups is 2. The van der Waals surface area contributed by atoms with Crippen molar-refractivity contribution in [2.45, 2.75) is 43.7 Å². The number of ether oxygens (including phenoxy) is 1. The highest BCUT2D eigenvalue weighted by molar-refractivity contribution is 7.92. The van der Waals surface area contributed by atoms with Crippen molar-refractivity contribution in [2.24, 2.45) is 0 Å². The maximum atomic E-state index is 14.5. The summed E-state index contributed by atoms with van der Waals surface area (Å²) in [7, 11) is -2.88. The lowest BCUT2D eigenvalue weighted by molar-refractivity contribution is -0.140. The van der Waals surface area contributed by atoms with E-state index in [0.29, 0.717) is 22.9 Å². The summed E-state index contributed by atoms with van der Waals surface area (Å²) in [6.45, 7) is 1.70. The zero-order chi connectivity index (χ0) is 33.1. The number of nitrogens with one attached hydrogen (secondary N) is 1. The topological polar surface area (TPSA) is 96.0 Å². The number of nitrogens with zero attached hydrogens (tertiary/aromatic N) is 2. The van der Waals surface area contributed by atoms with E-state index in [1.54, 1.807) is 24.3 Å². The Kier molecular flexibility index (Phi) is 12.2. The van der Waals surface area contributed by atoms with Gasteiger partial charge in [-0.05, 0) is 72.1 Å². The maximum absolute atomic E-state index is 14.5. The lowest BCUT2D eigenvalue weighted by Gasteiger charge is -2.34. The number of halogens is 2. The Bertz CT molecular complexity index is 1700. The summed E-state index contributed by atoms with van der Waals surface area (Å²) < 4.78 is 48.2. The molecule has 0 aliphatic carbocycles. The molecule has 0 aliphatic rings. The van der Waals surface area contributed by atoms with Crippen molar-refractivity contribution >= 4 is 39.1 Å². The average molecular weight is 666 g/mol. The number of unbranched alkanes of at least 4 members (excludes halogenated alkanes) is 1. The molecule has 0 bridgehead atoms. The fourth-order valence-corrected chi connectivity index (χ4v) is 6.49. The Hall–Kier alpha value is -4.41. The lowest BCUT2D eigenvalue weighted by atomic mass is 10.0. The molecule has 4 rings (SSSR count). The molecule has 0 aromatic heterocycles. The molecule has 4 aromatic carbocycles. The molecule has 0 aliphatic heterocycles. The largest absolute Gasteiger partial charge is 0.497 e. The van der Waals surface area contributed by atoms with E-state index < -0.39 is 34.3 Å². The first kappa shape index (κ1) is 34.5. The summed E-state index contributed by atoms with van der Waals surface area (Å²) in [6.07, 6.45) is 1.79. The van der Waals surface area contributed by atoms with Gasteiger partial charge in [-0.1, -0.05) is 73.5 Å². The minimum Gasteiger partial charge on any atom is -0.497 e. The van der Waals surface area contributed by atoms with Gasteiger partial charge in [0, 0.05) is 24.5 Å². The van der Waals surface area contributed by atoms with Crippen LogP contribution in [-0.2, 0) is 32.6 Å². The number of carbonyl (C=O) groups excluding carboxylic acids is 2. The van der Waals surface area contributed by atoms with Gasteiger partial charge in [-0.3, -0.25) is 13.9 Å². The monoisotopic (exact) mass is 665 g/mol. The Labute approximate surface area is 274 Å². The number of hydrogen-bond acceptors (Lipinski definition) is 5. The van der Waals surface area contributed by atoms with Gasteiger partial charge in [-0.2, -0.15) is 0 Å². The highest BCUT2D eigenvalue weighted by Crippen LogP contribution is 2.27. The van der Waals surface area contributed by atoms with Crippen LogP contribution in [0.5, 0.6) is 5.75 Å². The number of methoxy groups -OCH3 is 1. The smallest absolute Gasteiger partial charge is 0.264 e. The second-order valence-electron chi connectivity index (χ2n) is 10.6. The molecule has 242 valence electrons. The summed E-state index contributed by atoms with van der Waals surface area (Å²) in [5, 5.41) is 3.34. The van der Waals surface area contributed by atoms with Crippen molar-refractivity contribution in [3.63, 3.8) is 0 Å². The third-order valence-electron chi connectivity index (χ3n) is 7.44. The van der Waals surface area contributed by atoms with Crippen molar-refractivity contribution in [2.75, 3.05) is 24.5 Å². The average Bonchev–Trinajstić information content (AvgIpc) is 3.07. The number of sulfonamides is 1. The van der Waals surface area contributed by atoms with Gasteiger partial charge in [0.2, 0.25) is 11.8 Å². The Balaban J connectivity index is 1.79. The van der Waals surface area contributed by atoms with E-state index in [4.69, 9.17) is 16.3 Å². The van der Waals surface area contributed by atoms with Crippen molar-refractivity contribution in [3.05, 3.63) is 125 Å². The van der Waals surface area contributed by atoms with Crippen molar-refractivity contribution < 1.29 is 27.1 Å². The van der Waals surface area contributed by atoms with Crippen LogP contribution in [0, 0.1) is 5.82 Å². The maximum Gasteiger partial charge on any atom is 0.264 e. The van der Waals surface area contributed by atoms with Gasteiger partial charge >= 0.3 is 0 Å². The quantitative estimate of drug-likeness (QED) is 0.152. The van der Waals surface area contributed by atoms with Crippen LogP contribution in [0.1, 0.15) is 30.9 Å². The first-order valence-electron chi connectivity index (χ1n) is 14.9. The zero-order valence-corrected chi connectivity index (χ0v) is 27.3. The summed E-state index contributed by atoms with van der Waals surface area (Å²) in [4.78, 5) is 29.5. The van der Waals surface area contributed by atoms with Gasteiger partial charge in [0.15, 0.2) is 0 Å². The van der Waals surface area contributed by atoms with Gasteiger partial charge in [0.25, 0.3) is 10.0 Å². The predicted molar refractivity (Wildman–Crippen MR) is 178 cm³/mol. The first-order valence-corrected chi connectivity index (χ1v) is 16.7. The van der Waals surface area contributed by atoms with Gasteiger partial charge < -0.3 is 15.0 Å². The molecular formula is C35H37ClFN3O5S. The predicted octanol–water partition coefficient (Wildman–Crippen LogP) is 6.24. The van der Waals surface area contributed by atoms with Crippen molar-refractivity contribution in [3.8, 4) is 5.75 Å². The van der Waals surface area contributed by atoms with Crippen LogP contribution in [0.4, 0.5) is 10.1 Å². The van der Waals surface area contributed by atoms with Crippen LogP contribution in [0.3, 0.4) is 0 Å². The van der Waals surface area contributed by atoms with Crippen LogP contribution in [0.2, 0.25) is 5.02 Å². The van der Waals surface area contributed by atoms with E-state index in [0.717, 1.165) is 34.8 Å². The number of hydrogen-bond donors (Lipinski definition) is 1. The summed E-state index contributed by atoms with van der Waals surface area (Å²) in [6, 6.07) is 25.8. The van der Waals surface area contributed by atoms with E-state index in [1.807, 2.05) is 37.3 Å². The summed E-state index contributed by atoms with van der Waals surface area (Å²) in [5.74, 6) is -1.13. The molecule has 1 N–H and O–H groups in total. The van der Waals surface area contributed by atoms with E-state index in [-0.39, 0.29) is 29.5 Å². The molecule has 4 aromatic rings. The number of rotatable bonds is 15. The molecule has 0 saturated carbocycles. The minimum atomic E-state index is -4.34. The Morgan fingerprint density at radius 1 is 0.913 bits per heavy atom. The zero-order valence-electron chi connectivity index (χ0n) is 25.7.